The lowest BCUT2D eigenvalue weighted by atomic mass is 9.70. The van der Waals surface area contributed by atoms with E-state index in [-0.39, 0.29) is 29.7 Å². The van der Waals surface area contributed by atoms with Gasteiger partial charge in [-0.05, 0) is 43.2 Å². The lowest BCUT2D eigenvalue weighted by molar-refractivity contribution is -0.386. The number of allylic oxidation sites excluding steroid dienone is 3. The molecule has 1 aliphatic heterocycles. The Bertz CT molecular complexity index is 1590. The maximum absolute atomic E-state index is 13.9. The summed E-state index contributed by atoms with van der Waals surface area (Å²) >= 11 is 0. The molecule has 2 unspecified atom stereocenters. The average molecular weight is 560 g/mol. The molecule has 2 atom stereocenters. The second-order valence-electron chi connectivity index (χ2n) is 9.74. The lowest BCUT2D eigenvalue weighted by Gasteiger charge is -2.37. The average Bonchev–Trinajstić information content (AvgIpc) is 2.95. The molecule has 0 bridgehead atoms. The molecule has 3 N–H and O–H groups in total. The summed E-state index contributed by atoms with van der Waals surface area (Å²) in [7, 11) is 1.47. The number of hydrogen-bond donors (Lipinski definition) is 2. The van der Waals surface area contributed by atoms with Gasteiger partial charge in [0.1, 0.15) is 24.0 Å². The van der Waals surface area contributed by atoms with E-state index >= 15 is 0 Å². The lowest BCUT2D eigenvalue weighted by Crippen LogP contribution is -2.41. The van der Waals surface area contributed by atoms with Gasteiger partial charge in [0.25, 0.3) is 5.82 Å². The molecule has 0 saturated carbocycles. The van der Waals surface area contributed by atoms with Crippen molar-refractivity contribution in [2.45, 2.75) is 32.3 Å². The number of H-pyrrole nitrogens is 1. The van der Waals surface area contributed by atoms with Crippen LogP contribution in [-0.2, 0) is 16.2 Å². The van der Waals surface area contributed by atoms with Crippen LogP contribution in [0.4, 0.5) is 15.9 Å². The minimum atomic E-state index is -0.678. The van der Waals surface area contributed by atoms with Gasteiger partial charge in [0.15, 0.2) is 5.75 Å². The number of aromatic amines is 1. The molecule has 1 aliphatic carbocycles. The Balaban J connectivity index is 1.55. The summed E-state index contributed by atoms with van der Waals surface area (Å²) < 4.78 is 25.1. The highest BCUT2D eigenvalue weighted by atomic mass is 19.1. The van der Waals surface area contributed by atoms with Crippen molar-refractivity contribution in [3.8, 4) is 11.5 Å². The van der Waals surface area contributed by atoms with E-state index in [9.17, 15) is 24.1 Å². The SMILES string of the molecule is COc1ccc(C2C(C(=O)Nc3cccc[nH+]3)=C(C)NC3=CCCC(=O)C32)cc1COc1cc(F)ccc1[N+](=O)[O-]. The van der Waals surface area contributed by atoms with E-state index in [4.69, 9.17) is 9.47 Å². The molecule has 1 aromatic heterocycles. The van der Waals surface area contributed by atoms with Gasteiger partial charge in [0.2, 0.25) is 0 Å². The number of ketones is 1. The number of nitrogens with one attached hydrogen (secondary N) is 3. The van der Waals surface area contributed by atoms with E-state index in [1.54, 1.807) is 49.5 Å². The van der Waals surface area contributed by atoms with Crippen molar-refractivity contribution in [3.05, 3.63) is 111 Å². The molecule has 210 valence electrons. The highest BCUT2D eigenvalue weighted by Gasteiger charge is 2.44. The predicted molar refractivity (Wildman–Crippen MR) is 146 cm³/mol. The third-order valence-corrected chi connectivity index (χ3v) is 7.18. The van der Waals surface area contributed by atoms with Crippen LogP contribution >= 0.6 is 0 Å². The molecular weight excluding hydrogens is 531 g/mol. The Morgan fingerprint density at radius 3 is 2.73 bits per heavy atom. The number of rotatable bonds is 8. The fourth-order valence-electron chi connectivity index (χ4n) is 5.35. The van der Waals surface area contributed by atoms with Gasteiger partial charge in [-0.1, -0.05) is 18.2 Å². The molecule has 0 fully saturated rings. The third kappa shape index (κ3) is 5.65. The van der Waals surface area contributed by atoms with Crippen molar-refractivity contribution >= 4 is 23.2 Å². The van der Waals surface area contributed by atoms with Crippen LogP contribution in [0.15, 0.2) is 83.8 Å². The van der Waals surface area contributed by atoms with Crippen LogP contribution in [0.2, 0.25) is 0 Å². The largest absolute Gasteiger partial charge is 0.496 e. The molecule has 2 aromatic carbocycles. The number of anilines is 1. The molecule has 1 amide bonds. The molecule has 3 aromatic rings. The number of carbonyl (C=O) groups excluding carboxylic acids is 2. The minimum absolute atomic E-state index is 0.00748. The number of fused-ring (bicyclic) bond motifs is 1. The maximum atomic E-state index is 13.9. The zero-order chi connectivity index (χ0) is 29.1. The first-order chi connectivity index (χ1) is 19.8. The van der Waals surface area contributed by atoms with Crippen LogP contribution in [-0.4, -0.2) is 23.7 Å². The molecule has 11 heteroatoms. The first-order valence-electron chi connectivity index (χ1n) is 13.0. The summed E-state index contributed by atoms with van der Waals surface area (Å²) in [5.74, 6) is -1.59. The van der Waals surface area contributed by atoms with E-state index in [1.807, 2.05) is 6.08 Å². The summed E-state index contributed by atoms with van der Waals surface area (Å²) in [6.07, 6.45) is 4.63. The number of Topliss-reactive ketones (excluding diaryl/α,β-unsaturated/α-hetero) is 1. The predicted octanol–water partition coefficient (Wildman–Crippen LogP) is 4.60. The molecule has 0 radical (unpaired) electrons. The molecule has 2 aliphatic rings. The fraction of sp³-hybridized carbons (Fsp3) is 0.233. The number of ether oxygens (including phenoxy) is 2. The molecule has 41 heavy (non-hydrogen) atoms. The number of nitro groups is 1. The van der Waals surface area contributed by atoms with Gasteiger partial charge in [-0.3, -0.25) is 14.9 Å². The Labute approximate surface area is 235 Å². The van der Waals surface area contributed by atoms with E-state index in [0.29, 0.717) is 46.8 Å². The molecule has 2 heterocycles. The number of benzene rings is 2. The minimum Gasteiger partial charge on any atom is -0.496 e. The number of methoxy groups -OCH3 is 1. The van der Waals surface area contributed by atoms with Crippen LogP contribution in [0.25, 0.3) is 0 Å². The molecule has 10 nitrogen and oxygen atoms in total. The topological polar surface area (TPSA) is 134 Å². The highest BCUT2D eigenvalue weighted by molar-refractivity contribution is 6.06. The maximum Gasteiger partial charge on any atom is 0.337 e. The van der Waals surface area contributed by atoms with E-state index in [0.717, 1.165) is 23.9 Å². The Hall–Kier alpha value is -5.06. The summed E-state index contributed by atoms with van der Waals surface area (Å²) in [4.78, 5) is 40.8. The van der Waals surface area contributed by atoms with E-state index in [2.05, 4.69) is 15.6 Å². The number of hydrogen-bond acceptors (Lipinski definition) is 7. The zero-order valence-electron chi connectivity index (χ0n) is 22.4. The first-order valence-corrected chi connectivity index (χ1v) is 13.0. The van der Waals surface area contributed by atoms with Gasteiger partial charge in [0, 0.05) is 47.5 Å². The molecular formula is C30H28FN4O6+. The van der Waals surface area contributed by atoms with Crippen LogP contribution < -0.4 is 25.1 Å². The number of halogens is 1. The van der Waals surface area contributed by atoms with Crippen LogP contribution in [0.1, 0.15) is 36.8 Å². The monoisotopic (exact) mass is 559 g/mol. The van der Waals surface area contributed by atoms with Crippen molar-refractivity contribution in [1.29, 1.82) is 0 Å². The number of aromatic nitrogens is 1. The van der Waals surface area contributed by atoms with Crippen molar-refractivity contribution in [3.63, 3.8) is 0 Å². The zero-order valence-corrected chi connectivity index (χ0v) is 22.4. The number of carbonyl (C=O) groups is 2. The summed E-state index contributed by atoms with van der Waals surface area (Å²) in [5, 5.41) is 17.6. The number of nitro benzene ring substituents is 1. The summed E-state index contributed by atoms with van der Waals surface area (Å²) in [5.41, 5.74) is 2.55. The van der Waals surface area contributed by atoms with Crippen LogP contribution in [0.3, 0.4) is 0 Å². The van der Waals surface area contributed by atoms with Crippen molar-refractivity contribution in [2.24, 2.45) is 5.92 Å². The van der Waals surface area contributed by atoms with E-state index < -0.39 is 22.6 Å². The summed E-state index contributed by atoms with van der Waals surface area (Å²) in [6, 6.07) is 13.5. The molecule has 5 rings (SSSR count). The fourth-order valence-corrected chi connectivity index (χ4v) is 5.35. The number of amides is 1. The second kappa shape index (κ2) is 11.6. The van der Waals surface area contributed by atoms with Gasteiger partial charge < -0.3 is 14.8 Å². The Kier molecular flexibility index (Phi) is 7.77. The standard InChI is InChI=1S/C30H27FN4O6/c1-17-27(30(37)34-26-8-3-4-13-32-26)28(29-21(33-17)6-5-7-23(29)36)18-9-12-24(40-2)19(14-18)16-41-25-15-20(31)10-11-22(25)35(38)39/h3-4,6,8-15,28-29,33H,5,7,16H2,1-2H3,(H,32,34,37)/p+1. The smallest absolute Gasteiger partial charge is 0.337 e. The van der Waals surface area contributed by atoms with Gasteiger partial charge in [-0.15, -0.1) is 0 Å². The van der Waals surface area contributed by atoms with Crippen molar-refractivity contribution in [1.82, 2.24) is 5.32 Å². The van der Waals surface area contributed by atoms with Gasteiger partial charge >= 0.3 is 11.6 Å². The summed E-state index contributed by atoms with van der Waals surface area (Å²) in [6.45, 7) is 1.61. The molecule has 0 spiro atoms. The third-order valence-electron chi connectivity index (χ3n) is 7.18. The van der Waals surface area contributed by atoms with Crippen molar-refractivity contribution < 1.29 is 33.4 Å². The second-order valence-corrected chi connectivity index (χ2v) is 9.74. The Morgan fingerprint density at radius 1 is 1.17 bits per heavy atom. The molecule has 0 saturated heterocycles. The van der Waals surface area contributed by atoms with Crippen molar-refractivity contribution in [2.75, 3.05) is 12.4 Å². The number of nitrogens with zero attached hydrogens (tertiary/aromatic N) is 1. The Morgan fingerprint density at radius 2 is 2.00 bits per heavy atom. The van der Waals surface area contributed by atoms with Crippen LogP contribution in [0, 0.1) is 21.8 Å². The highest BCUT2D eigenvalue weighted by Crippen LogP contribution is 2.44. The van der Waals surface area contributed by atoms with Gasteiger partial charge in [-0.2, -0.15) is 0 Å². The van der Waals surface area contributed by atoms with Gasteiger partial charge in [-0.25, -0.2) is 19.5 Å². The quantitative estimate of drug-likeness (QED) is 0.304. The first kappa shape index (κ1) is 27.5. The number of pyridine rings is 1. The van der Waals surface area contributed by atoms with Gasteiger partial charge in [0.05, 0.1) is 29.7 Å². The van der Waals surface area contributed by atoms with Crippen LogP contribution in [0.5, 0.6) is 11.5 Å². The van der Waals surface area contributed by atoms with E-state index in [1.165, 1.54) is 7.11 Å². The normalized spacial score (nSPS) is 18.1.